The fourth-order valence-electron chi connectivity index (χ4n) is 4.70. The summed E-state index contributed by atoms with van der Waals surface area (Å²) < 4.78 is 16.2. The van der Waals surface area contributed by atoms with Gasteiger partial charge in [-0.2, -0.15) is 0 Å². The summed E-state index contributed by atoms with van der Waals surface area (Å²) in [6, 6.07) is 5.25. The molecule has 7 heteroatoms. The first-order chi connectivity index (χ1) is 14.3. The smallest absolute Gasteiger partial charge is 0.336 e. The van der Waals surface area contributed by atoms with Gasteiger partial charge in [0.1, 0.15) is 11.3 Å². The molecule has 4 rings (SSSR count). The van der Waals surface area contributed by atoms with Gasteiger partial charge in [-0.05, 0) is 49.8 Å². The molecule has 2 aliphatic rings. The Morgan fingerprint density at radius 3 is 2.60 bits per heavy atom. The second-order valence-corrected chi connectivity index (χ2v) is 8.29. The molecule has 1 saturated heterocycles. The van der Waals surface area contributed by atoms with Crippen LogP contribution in [-0.4, -0.2) is 43.1 Å². The Kier molecular flexibility index (Phi) is 5.30. The summed E-state index contributed by atoms with van der Waals surface area (Å²) in [6.45, 7) is 6.73. The molecule has 160 valence electrons. The number of methoxy groups -OCH3 is 1. The third-order valence-corrected chi connectivity index (χ3v) is 6.35. The highest BCUT2D eigenvalue weighted by atomic mass is 16.5. The summed E-state index contributed by atoms with van der Waals surface area (Å²) in [5.74, 6) is 0.559. The van der Waals surface area contributed by atoms with E-state index in [2.05, 4.69) is 6.92 Å². The van der Waals surface area contributed by atoms with E-state index in [-0.39, 0.29) is 35.3 Å². The highest BCUT2D eigenvalue weighted by Gasteiger charge is 2.61. The molecule has 7 nitrogen and oxygen atoms in total. The van der Waals surface area contributed by atoms with Crippen molar-refractivity contribution in [1.29, 1.82) is 0 Å². The van der Waals surface area contributed by atoms with Crippen molar-refractivity contribution < 1.29 is 23.5 Å². The number of carbonyl (C=O) groups excluding carboxylic acids is 2. The number of piperidine rings is 1. The van der Waals surface area contributed by atoms with Crippen molar-refractivity contribution in [3.8, 4) is 5.75 Å². The van der Waals surface area contributed by atoms with Crippen LogP contribution in [0.5, 0.6) is 5.75 Å². The third kappa shape index (κ3) is 3.46. The maximum absolute atomic E-state index is 12.8. The van der Waals surface area contributed by atoms with E-state index in [1.807, 2.05) is 19.1 Å². The maximum Gasteiger partial charge on any atom is 0.336 e. The van der Waals surface area contributed by atoms with E-state index in [1.165, 1.54) is 13.2 Å². The first-order valence-electron chi connectivity index (χ1n) is 10.4. The molecule has 0 N–H and O–H groups in total. The van der Waals surface area contributed by atoms with E-state index >= 15 is 0 Å². The van der Waals surface area contributed by atoms with Crippen molar-refractivity contribution >= 4 is 22.8 Å². The molecule has 0 radical (unpaired) electrons. The SMILES string of the molecule is CCCc1cc(=O)oc2c(C)c(OC(C)C(=O)N3C[C@@H]4C(C(=O)OC)[C@@H]4C3)ccc12. The predicted octanol–water partition coefficient (Wildman–Crippen LogP) is 2.70. The van der Waals surface area contributed by atoms with Gasteiger partial charge < -0.3 is 18.8 Å². The number of nitrogens with zero attached hydrogens (tertiary/aromatic N) is 1. The highest BCUT2D eigenvalue weighted by molar-refractivity contribution is 5.86. The average Bonchev–Trinajstić information content (AvgIpc) is 3.22. The molecule has 1 aromatic heterocycles. The Hall–Kier alpha value is -2.83. The highest BCUT2D eigenvalue weighted by Crippen LogP contribution is 2.52. The van der Waals surface area contributed by atoms with E-state index in [9.17, 15) is 14.4 Å². The largest absolute Gasteiger partial charge is 0.480 e. The number of likely N-dealkylation sites (tertiary alicyclic amines) is 1. The minimum atomic E-state index is -0.680. The summed E-state index contributed by atoms with van der Waals surface area (Å²) >= 11 is 0. The van der Waals surface area contributed by atoms with E-state index in [0.29, 0.717) is 30.0 Å². The quantitative estimate of drug-likeness (QED) is 0.535. The summed E-state index contributed by atoms with van der Waals surface area (Å²) in [7, 11) is 1.40. The first-order valence-corrected chi connectivity index (χ1v) is 10.4. The number of esters is 1. The van der Waals surface area contributed by atoms with Crippen LogP contribution in [0.25, 0.3) is 11.0 Å². The number of rotatable bonds is 6. The molecule has 1 aromatic carbocycles. The van der Waals surface area contributed by atoms with Gasteiger partial charge in [-0.1, -0.05) is 13.3 Å². The van der Waals surface area contributed by atoms with Crippen LogP contribution in [0.1, 0.15) is 31.4 Å². The molecule has 4 atom stereocenters. The Balaban J connectivity index is 1.48. The molecule has 30 heavy (non-hydrogen) atoms. The van der Waals surface area contributed by atoms with Crippen LogP contribution in [0.2, 0.25) is 0 Å². The Labute approximate surface area is 174 Å². The molecular formula is C23H27NO6. The van der Waals surface area contributed by atoms with Crippen molar-refractivity contribution in [1.82, 2.24) is 4.90 Å². The molecule has 0 spiro atoms. The van der Waals surface area contributed by atoms with Crippen molar-refractivity contribution in [3.63, 3.8) is 0 Å². The van der Waals surface area contributed by atoms with E-state index in [4.69, 9.17) is 13.9 Å². The molecular weight excluding hydrogens is 386 g/mol. The number of hydrogen-bond acceptors (Lipinski definition) is 6. The van der Waals surface area contributed by atoms with E-state index in [0.717, 1.165) is 23.8 Å². The fraction of sp³-hybridized carbons (Fsp3) is 0.522. The van der Waals surface area contributed by atoms with Crippen molar-refractivity contribution in [3.05, 3.63) is 39.7 Å². The van der Waals surface area contributed by atoms with Crippen LogP contribution in [0.15, 0.2) is 27.4 Å². The number of fused-ring (bicyclic) bond motifs is 2. The lowest BCUT2D eigenvalue weighted by Gasteiger charge is -2.24. The number of carbonyl (C=O) groups is 2. The molecule has 1 saturated carbocycles. The summed E-state index contributed by atoms with van der Waals surface area (Å²) in [6.07, 6.45) is 1.04. The number of amides is 1. The summed E-state index contributed by atoms with van der Waals surface area (Å²) in [5, 5.41) is 0.897. The minimum absolute atomic E-state index is 0.0711. The molecule has 2 fully saturated rings. The molecule has 1 amide bonds. The van der Waals surface area contributed by atoms with Crippen LogP contribution in [0.3, 0.4) is 0 Å². The molecule has 1 aliphatic carbocycles. The van der Waals surface area contributed by atoms with Gasteiger partial charge in [-0.25, -0.2) is 4.79 Å². The van der Waals surface area contributed by atoms with E-state index < -0.39 is 6.10 Å². The predicted molar refractivity (Wildman–Crippen MR) is 110 cm³/mol. The maximum atomic E-state index is 12.8. The average molecular weight is 413 g/mol. The normalized spacial score (nSPS) is 23.2. The number of aryl methyl sites for hydroxylation is 2. The van der Waals surface area contributed by atoms with Gasteiger partial charge in [-0.15, -0.1) is 0 Å². The molecule has 0 bridgehead atoms. The molecule has 1 aliphatic heterocycles. The van der Waals surface area contributed by atoms with Gasteiger partial charge in [-0.3, -0.25) is 9.59 Å². The zero-order chi connectivity index (χ0) is 21.6. The van der Waals surface area contributed by atoms with Crippen LogP contribution in [0.4, 0.5) is 0 Å². The second kappa shape index (κ2) is 7.78. The summed E-state index contributed by atoms with van der Waals surface area (Å²) in [5.41, 5.74) is 1.79. The standard InChI is InChI=1S/C23H27NO6/c1-5-6-14-9-19(25)30-21-12(2)18(8-7-15(14)21)29-13(3)22(26)24-10-16-17(11-24)20(16)23(27)28-4/h7-9,13,16-17,20H,5-6,10-11H2,1-4H3/t13?,16-,17+,20?. The lowest BCUT2D eigenvalue weighted by molar-refractivity contribution is -0.145. The van der Waals surface area contributed by atoms with Gasteiger partial charge >= 0.3 is 11.6 Å². The van der Waals surface area contributed by atoms with Crippen LogP contribution in [0, 0.1) is 24.7 Å². The monoisotopic (exact) mass is 413 g/mol. The number of ether oxygens (including phenoxy) is 2. The van der Waals surface area contributed by atoms with Crippen LogP contribution < -0.4 is 10.4 Å². The first kappa shape index (κ1) is 20.4. The van der Waals surface area contributed by atoms with Crippen molar-refractivity contribution in [2.24, 2.45) is 17.8 Å². The van der Waals surface area contributed by atoms with Gasteiger partial charge in [0.15, 0.2) is 6.10 Å². The van der Waals surface area contributed by atoms with Crippen LogP contribution in [-0.2, 0) is 20.7 Å². The van der Waals surface area contributed by atoms with Gasteiger partial charge in [0.2, 0.25) is 0 Å². The van der Waals surface area contributed by atoms with Crippen LogP contribution >= 0.6 is 0 Å². The van der Waals surface area contributed by atoms with Gasteiger partial charge in [0, 0.05) is 30.1 Å². The topological polar surface area (TPSA) is 86.0 Å². The van der Waals surface area contributed by atoms with Gasteiger partial charge in [0.05, 0.1) is 13.0 Å². The minimum Gasteiger partial charge on any atom is -0.480 e. The Morgan fingerprint density at radius 2 is 1.97 bits per heavy atom. The van der Waals surface area contributed by atoms with E-state index in [1.54, 1.807) is 11.8 Å². The lowest BCUT2D eigenvalue weighted by atomic mass is 10.0. The lowest BCUT2D eigenvalue weighted by Crippen LogP contribution is -2.41. The third-order valence-electron chi connectivity index (χ3n) is 6.35. The van der Waals surface area contributed by atoms with Crippen molar-refractivity contribution in [2.75, 3.05) is 20.2 Å². The Morgan fingerprint density at radius 1 is 1.27 bits per heavy atom. The zero-order valence-electron chi connectivity index (χ0n) is 17.8. The molecule has 2 aromatic rings. The van der Waals surface area contributed by atoms with Crippen molar-refractivity contribution in [2.45, 2.75) is 39.7 Å². The number of benzene rings is 1. The Bertz CT molecular complexity index is 1050. The zero-order valence-corrected chi connectivity index (χ0v) is 17.8. The van der Waals surface area contributed by atoms with Gasteiger partial charge in [0.25, 0.3) is 5.91 Å². The fourth-order valence-corrected chi connectivity index (χ4v) is 4.70. The second-order valence-electron chi connectivity index (χ2n) is 8.29. The summed E-state index contributed by atoms with van der Waals surface area (Å²) in [4.78, 5) is 38.3. The number of hydrogen-bond donors (Lipinski definition) is 0. The molecule has 2 unspecified atom stereocenters. The molecule has 2 heterocycles.